The van der Waals surface area contributed by atoms with E-state index in [-0.39, 0.29) is 30.3 Å². The Bertz CT molecular complexity index is 812. The van der Waals surface area contributed by atoms with Gasteiger partial charge in [0.05, 0.1) is 6.61 Å². The van der Waals surface area contributed by atoms with E-state index in [0.29, 0.717) is 6.61 Å². The highest BCUT2D eigenvalue weighted by Crippen LogP contribution is 2.42. The molecule has 1 saturated heterocycles. The third-order valence-electron chi connectivity index (χ3n) is 3.74. The molecule has 0 saturated carbocycles. The van der Waals surface area contributed by atoms with Gasteiger partial charge in [-0.05, 0) is 19.4 Å². The number of esters is 1. The molecule has 7 nitrogen and oxygen atoms in total. The van der Waals surface area contributed by atoms with Crippen molar-refractivity contribution in [3.63, 3.8) is 0 Å². The summed E-state index contributed by atoms with van der Waals surface area (Å²) in [6.45, 7) is 4.26. The highest BCUT2D eigenvalue weighted by Gasteiger charge is 2.46. The molecule has 7 heteroatoms. The molecule has 0 N–H and O–H groups in total. The zero-order chi connectivity index (χ0) is 18.5. The summed E-state index contributed by atoms with van der Waals surface area (Å²) in [5.41, 5.74) is 0.0658. The van der Waals surface area contributed by atoms with Gasteiger partial charge in [-0.15, -0.1) is 0 Å². The van der Waals surface area contributed by atoms with Crippen LogP contribution in [0.3, 0.4) is 0 Å². The van der Waals surface area contributed by atoms with E-state index >= 15 is 0 Å². The first-order chi connectivity index (χ1) is 12.7. The first kappa shape index (κ1) is 18.2. The molecule has 1 aliphatic rings. The van der Waals surface area contributed by atoms with Gasteiger partial charge in [0.15, 0.2) is 18.2 Å². The van der Waals surface area contributed by atoms with E-state index in [1.54, 1.807) is 6.92 Å². The van der Waals surface area contributed by atoms with Crippen LogP contribution in [0.25, 0.3) is 0 Å². The normalized spacial score (nSPS) is 18.4. The third-order valence-corrected chi connectivity index (χ3v) is 3.74. The van der Waals surface area contributed by atoms with Gasteiger partial charge in [0.2, 0.25) is 11.2 Å². The van der Waals surface area contributed by atoms with E-state index in [9.17, 15) is 9.59 Å². The average molecular weight is 360 g/mol. The van der Waals surface area contributed by atoms with Gasteiger partial charge in [-0.3, -0.25) is 4.79 Å². The Kier molecular flexibility index (Phi) is 5.70. The van der Waals surface area contributed by atoms with Crippen molar-refractivity contribution >= 4 is 5.97 Å². The molecular weight excluding hydrogens is 340 g/mol. The zero-order valence-corrected chi connectivity index (χ0v) is 14.6. The fraction of sp³-hybridized carbons (Fsp3) is 0.368. The lowest BCUT2D eigenvalue weighted by Crippen LogP contribution is -2.20. The van der Waals surface area contributed by atoms with Gasteiger partial charge >= 0.3 is 5.97 Å². The maximum Gasteiger partial charge on any atom is 0.345 e. The molecule has 1 fully saturated rings. The molecule has 0 bridgehead atoms. The van der Waals surface area contributed by atoms with Crippen LogP contribution in [0, 0.1) is 0 Å². The number of hydrogen-bond acceptors (Lipinski definition) is 7. The molecular formula is C19H20O7. The molecule has 3 rings (SSSR count). The number of rotatable bonds is 8. The van der Waals surface area contributed by atoms with Gasteiger partial charge in [-0.2, -0.15) is 0 Å². The molecule has 138 valence electrons. The maximum absolute atomic E-state index is 12.7. The Labute approximate surface area is 150 Å². The summed E-state index contributed by atoms with van der Waals surface area (Å²) in [7, 11) is 0. The molecule has 0 amide bonds. The van der Waals surface area contributed by atoms with Gasteiger partial charge in [-0.25, -0.2) is 4.79 Å². The topological polar surface area (TPSA) is 87.5 Å². The number of carbonyl (C=O) groups is 1. The quantitative estimate of drug-likeness (QED) is 0.528. The van der Waals surface area contributed by atoms with Crippen LogP contribution in [0.5, 0.6) is 5.75 Å². The van der Waals surface area contributed by atoms with E-state index in [0.717, 1.165) is 11.8 Å². The summed E-state index contributed by atoms with van der Waals surface area (Å²) < 4.78 is 26.8. The van der Waals surface area contributed by atoms with Crippen molar-refractivity contribution in [1.29, 1.82) is 0 Å². The van der Waals surface area contributed by atoms with Gasteiger partial charge in [-0.1, -0.05) is 30.3 Å². The fourth-order valence-corrected chi connectivity index (χ4v) is 2.45. The molecule has 1 aliphatic heterocycles. The van der Waals surface area contributed by atoms with Gasteiger partial charge in [0.25, 0.3) is 0 Å². The van der Waals surface area contributed by atoms with Crippen LogP contribution in [0.2, 0.25) is 0 Å². The fourth-order valence-electron chi connectivity index (χ4n) is 2.45. The molecule has 2 atom stereocenters. The molecule has 0 aliphatic carbocycles. The van der Waals surface area contributed by atoms with E-state index in [1.165, 1.54) is 0 Å². The SMILES string of the molecule is CCOC(=O)c1coc(C2OC2OCC)c(OCc2ccccc2)c1=O. The lowest BCUT2D eigenvalue weighted by molar-refractivity contribution is 0.0520. The van der Waals surface area contributed by atoms with Gasteiger partial charge < -0.3 is 23.4 Å². The minimum atomic E-state index is -0.754. The van der Waals surface area contributed by atoms with Crippen molar-refractivity contribution in [3.05, 3.63) is 63.7 Å². The van der Waals surface area contributed by atoms with E-state index in [4.69, 9.17) is 23.4 Å². The first-order valence-corrected chi connectivity index (χ1v) is 8.42. The van der Waals surface area contributed by atoms with Crippen molar-refractivity contribution in [2.75, 3.05) is 13.2 Å². The van der Waals surface area contributed by atoms with Gasteiger partial charge in [0, 0.05) is 6.61 Å². The molecule has 1 aromatic carbocycles. The summed E-state index contributed by atoms with van der Waals surface area (Å²) in [6, 6.07) is 9.36. The van der Waals surface area contributed by atoms with Crippen LogP contribution < -0.4 is 10.2 Å². The number of carbonyl (C=O) groups excluding carboxylic acids is 1. The highest BCUT2D eigenvalue weighted by atomic mass is 16.8. The Morgan fingerprint density at radius 2 is 1.92 bits per heavy atom. The van der Waals surface area contributed by atoms with Crippen molar-refractivity contribution in [1.82, 2.24) is 0 Å². The highest BCUT2D eigenvalue weighted by molar-refractivity contribution is 5.89. The Balaban J connectivity index is 1.90. The predicted molar refractivity (Wildman–Crippen MR) is 90.9 cm³/mol. The second-order valence-corrected chi connectivity index (χ2v) is 5.55. The van der Waals surface area contributed by atoms with Crippen molar-refractivity contribution in [2.45, 2.75) is 32.8 Å². The summed E-state index contributed by atoms with van der Waals surface area (Å²) in [6.07, 6.45) is 0.0516. The van der Waals surface area contributed by atoms with Crippen molar-refractivity contribution in [3.8, 4) is 5.75 Å². The second-order valence-electron chi connectivity index (χ2n) is 5.55. The lowest BCUT2D eigenvalue weighted by atomic mass is 10.2. The van der Waals surface area contributed by atoms with Crippen LogP contribution in [0.1, 0.15) is 41.6 Å². The standard InChI is InChI=1S/C19H20O7/c1-3-22-18(21)13-11-25-16(17-19(26-17)23-4-2)15(14(13)20)24-10-12-8-6-5-7-9-12/h5-9,11,17,19H,3-4,10H2,1-2H3. The zero-order valence-electron chi connectivity index (χ0n) is 14.6. The molecule has 0 spiro atoms. The summed E-state index contributed by atoms with van der Waals surface area (Å²) >= 11 is 0. The van der Waals surface area contributed by atoms with E-state index < -0.39 is 23.8 Å². The van der Waals surface area contributed by atoms with Crippen molar-refractivity contribution < 1.29 is 28.2 Å². The van der Waals surface area contributed by atoms with Crippen LogP contribution in [0.15, 0.2) is 45.8 Å². The Hall–Kier alpha value is -2.64. The van der Waals surface area contributed by atoms with Crippen LogP contribution in [-0.2, 0) is 20.8 Å². The maximum atomic E-state index is 12.7. The average Bonchev–Trinajstić information content (AvgIpc) is 3.41. The summed E-state index contributed by atoms with van der Waals surface area (Å²) in [5.74, 6) is -0.612. The molecule has 2 aromatic rings. The van der Waals surface area contributed by atoms with Crippen LogP contribution in [0.4, 0.5) is 0 Å². The largest absolute Gasteiger partial charge is 0.482 e. The smallest absolute Gasteiger partial charge is 0.345 e. The first-order valence-electron chi connectivity index (χ1n) is 8.42. The molecule has 1 aromatic heterocycles. The van der Waals surface area contributed by atoms with Crippen LogP contribution >= 0.6 is 0 Å². The van der Waals surface area contributed by atoms with E-state index in [1.807, 2.05) is 37.3 Å². The molecule has 26 heavy (non-hydrogen) atoms. The third kappa shape index (κ3) is 3.95. The predicted octanol–water partition coefficient (Wildman–Crippen LogP) is 2.83. The Morgan fingerprint density at radius 1 is 1.15 bits per heavy atom. The van der Waals surface area contributed by atoms with E-state index in [2.05, 4.69) is 0 Å². The van der Waals surface area contributed by atoms with Gasteiger partial charge in [0.1, 0.15) is 18.4 Å². The molecule has 2 heterocycles. The summed E-state index contributed by atoms with van der Waals surface area (Å²) in [4.78, 5) is 24.7. The summed E-state index contributed by atoms with van der Waals surface area (Å²) in [5, 5.41) is 0. The van der Waals surface area contributed by atoms with Crippen molar-refractivity contribution in [2.24, 2.45) is 0 Å². The minimum absolute atomic E-state index is 0.0633. The monoisotopic (exact) mass is 360 g/mol. The lowest BCUT2D eigenvalue weighted by Gasteiger charge is -2.10. The number of epoxide rings is 1. The molecule has 2 unspecified atom stereocenters. The van der Waals surface area contributed by atoms with Crippen LogP contribution in [-0.4, -0.2) is 25.5 Å². The number of hydrogen-bond donors (Lipinski definition) is 0. The number of ether oxygens (including phenoxy) is 4. The minimum Gasteiger partial charge on any atom is -0.482 e. The number of benzene rings is 1. The second kappa shape index (κ2) is 8.16. The molecule has 0 radical (unpaired) electrons. The Morgan fingerprint density at radius 3 is 2.62 bits per heavy atom.